The van der Waals surface area contributed by atoms with Crippen LogP contribution in [0, 0.1) is 0 Å². The molecule has 1 aromatic carbocycles. The molecule has 37 heavy (non-hydrogen) atoms. The lowest BCUT2D eigenvalue weighted by atomic mass is 9.98. The molecule has 2 saturated heterocycles. The molecule has 192 valence electrons. The number of fused-ring (bicyclic) bond motifs is 1. The largest absolute Gasteiger partial charge is 0.444 e. The Morgan fingerprint density at radius 2 is 2.03 bits per heavy atom. The van der Waals surface area contributed by atoms with Crippen molar-refractivity contribution in [3.05, 3.63) is 47.2 Å². The Balaban J connectivity index is 1.29. The predicted octanol–water partition coefficient (Wildman–Crippen LogP) is 5.20. The fourth-order valence-corrected chi connectivity index (χ4v) is 5.59. The first kappa shape index (κ1) is 23.8. The summed E-state index contributed by atoms with van der Waals surface area (Å²) in [4.78, 5) is 49.6. The van der Waals surface area contributed by atoms with E-state index in [0.717, 1.165) is 39.9 Å². The number of H-pyrrole nitrogens is 1. The van der Waals surface area contributed by atoms with Crippen molar-refractivity contribution in [3.8, 4) is 11.1 Å². The maximum Gasteiger partial charge on any atom is 0.410 e. The number of aromatic nitrogens is 2. The zero-order valence-corrected chi connectivity index (χ0v) is 21.7. The highest BCUT2D eigenvalue weighted by molar-refractivity contribution is 6.38. The van der Waals surface area contributed by atoms with Crippen molar-refractivity contribution in [2.45, 2.75) is 57.1 Å². The molecular weight excluding hydrogens is 494 g/mol. The van der Waals surface area contributed by atoms with E-state index in [2.05, 4.69) is 15.3 Å². The summed E-state index contributed by atoms with van der Waals surface area (Å²) in [6.07, 6.45) is 5.79. The van der Waals surface area contributed by atoms with Gasteiger partial charge in [-0.15, -0.1) is 0 Å². The lowest BCUT2D eigenvalue weighted by Gasteiger charge is -2.25. The molecule has 3 aliphatic rings. The van der Waals surface area contributed by atoms with Gasteiger partial charge in [0, 0.05) is 29.9 Å². The average Bonchev–Trinajstić information content (AvgIpc) is 3.34. The lowest BCUT2D eigenvalue weighted by molar-refractivity contribution is -0.121. The number of hydrogen-bond acceptors (Lipinski definition) is 5. The van der Waals surface area contributed by atoms with Crippen molar-refractivity contribution in [3.63, 3.8) is 0 Å². The number of anilines is 1. The smallest absolute Gasteiger partial charge is 0.410 e. The molecule has 4 amide bonds. The molecule has 2 aliphatic heterocycles. The number of benzene rings is 1. The molecule has 3 aromatic rings. The summed E-state index contributed by atoms with van der Waals surface area (Å²) in [5.74, 6) is 0.116. The Bertz CT molecular complexity index is 1460. The number of carbonyl (C=O) groups excluding carboxylic acids is 3. The first-order valence-corrected chi connectivity index (χ1v) is 12.8. The van der Waals surface area contributed by atoms with Crippen LogP contribution in [0.25, 0.3) is 22.2 Å². The fourth-order valence-electron chi connectivity index (χ4n) is 5.23. The number of urea groups is 1. The Morgan fingerprint density at radius 3 is 2.76 bits per heavy atom. The van der Waals surface area contributed by atoms with Gasteiger partial charge in [-0.3, -0.25) is 4.79 Å². The first-order chi connectivity index (χ1) is 17.6. The average molecular weight is 522 g/mol. The van der Waals surface area contributed by atoms with Crippen LogP contribution in [0.5, 0.6) is 0 Å². The third-order valence-corrected chi connectivity index (χ3v) is 7.58. The summed E-state index contributed by atoms with van der Waals surface area (Å²) < 4.78 is 5.45. The zero-order chi connectivity index (χ0) is 26.1. The number of aromatic amines is 1. The third-order valence-electron chi connectivity index (χ3n) is 7.18. The third kappa shape index (κ3) is 4.01. The van der Waals surface area contributed by atoms with Crippen molar-refractivity contribution in [2.75, 3.05) is 18.0 Å². The number of halogens is 1. The van der Waals surface area contributed by atoms with Gasteiger partial charge >= 0.3 is 12.1 Å². The van der Waals surface area contributed by atoms with Crippen LogP contribution in [-0.4, -0.2) is 57.1 Å². The highest BCUT2D eigenvalue weighted by atomic mass is 35.5. The molecule has 3 fully saturated rings. The number of pyridine rings is 1. The van der Waals surface area contributed by atoms with Crippen molar-refractivity contribution >= 4 is 46.4 Å². The van der Waals surface area contributed by atoms with Crippen LogP contribution in [0.4, 0.5) is 15.3 Å². The van der Waals surface area contributed by atoms with Gasteiger partial charge in [-0.05, 0) is 69.2 Å². The van der Waals surface area contributed by atoms with E-state index in [-0.39, 0.29) is 12.5 Å². The van der Waals surface area contributed by atoms with E-state index >= 15 is 0 Å². The highest BCUT2D eigenvalue weighted by Gasteiger charge is 2.56. The maximum absolute atomic E-state index is 13.6. The van der Waals surface area contributed by atoms with E-state index in [1.807, 2.05) is 12.3 Å². The molecule has 2 aromatic heterocycles. The number of nitrogens with one attached hydrogen (secondary N) is 2. The summed E-state index contributed by atoms with van der Waals surface area (Å²) in [6, 6.07) is 6.64. The van der Waals surface area contributed by atoms with E-state index < -0.39 is 23.3 Å². The molecule has 0 radical (unpaired) electrons. The number of imide groups is 1. The Labute approximate surface area is 219 Å². The van der Waals surface area contributed by atoms with Gasteiger partial charge in [-0.2, -0.15) is 0 Å². The number of hydrogen-bond donors (Lipinski definition) is 2. The quantitative estimate of drug-likeness (QED) is 0.461. The van der Waals surface area contributed by atoms with Crippen molar-refractivity contribution in [1.82, 2.24) is 20.2 Å². The van der Waals surface area contributed by atoms with E-state index in [9.17, 15) is 14.4 Å². The predicted molar refractivity (Wildman–Crippen MR) is 140 cm³/mol. The van der Waals surface area contributed by atoms with Gasteiger partial charge < -0.3 is 19.9 Å². The second-order valence-electron chi connectivity index (χ2n) is 11.1. The Hall–Kier alpha value is -3.59. The summed E-state index contributed by atoms with van der Waals surface area (Å²) in [5, 5.41) is 4.36. The number of ether oxygens (including phenoxy) is 1. The van der Waals surface area contributed by atoms with Crippen LogP contribution in [0.15, 0.2) is 36.7 Å². The molecule has 1 unspecified atom stereocenters. The minimum absolute atomic E-state index is 0.0620. The topological polar surface area (TPSA) is 108 Å². The number of nitrogens with zero attached hydrogens (tertiary/aromatic N) is 3. The normalized spacial score (nSPS) is 21.8. The van der Waals surface area contributed by atoms with Crippen LogP contribution < -0.4 is 10.2 Å². The highest BCUT2D eigenvalue weighted by Crippen LogP contribution is 2.46. The molecular formula is C27H28ClN5O4. The summed E-state index contributed by atoms with van der Waals surface area (Å²) in [6.45, 7) is 5.74. The van der Waals surface area contributed by atoms with Gasteiger partial charge in [0.05, 0.1) is 17.3 Å². The van der Waals surface area contributed by atoms with E-state index in [1.165, 1.54) is 10.5 Å². The zero-order valence-electron chi connectivity index (χ0n) is 20.9. The van der Waals surface area contributed by atoms with Crippen molar-refractivity contribution in [1.29, 1.82) is 0 Å². The standard InChI is InChI=1S/C27H28ClN5O4/c1-26(2,3)37-25(36)32-10-9-27(14-32)23(34)33(24(35)31-27)17-6-4-5-16(11-17)19-13-30-22-20(21(19)28)18(12-29-22)15-7-8-15/h4-6,11-13,15H,7-10,14H2,1-3H3,(H,29,30)(H,31,35). The lowest BCUT2D eigenvalue weighted by Crippen LogP contribution is -2.50. The monoisotopic (exact) mass is 521 g/mol. The molecule has 2 N–H and O–H groups in total. The summed E-state index contributed by atoms with van der Waals surface area (Å²) >= 11 is 6.88. The Kier molecular flexibility index (Phi) is 5.28. The summed E-state index contributed by atoms with van der Waals surface area (Å²) in [7, 11) is 0. The minimum Gasteiger partial charge on any atom is -0.444 e. The van der Waals surface area contributed by atoms with Crippen LogP contribution >= 0.6 is 11.6 Å². The van der Waals surface area contributed by atoms with Crippen molar-refractivity contribution in [2.24, 2.45) is 0 Å². The molecule has 1 atom stereocenters. The van der Waals surface area contributed by atoms with Gasteiger partial charge in [0.2, 0.25) is 0 Å². The van der Waals surface area contributed by atoms with E-state index in [1.54, 1.807) is 45.2 Å². The second kappa shape index (κ2) is 8.21. The van der Waals surface area contributed by atoms with E-state index in [0.29, 0.717) is 29.6 Å². The van der Waals surface area contributed by atoms with Gasteiger partial charge in [0.15, 0.2) is 0 Å². The SMILES string of the molecule is CC(C)(C)OC(=O)N1CCC2(C1)NC(=O)N(c1cccc(-c3cnc4[nH]cc(C5CC5)c4c3Cl)c1)C2=O. The Morgan fingerprint density at radius 1 is 1.24 bits per heavy atom. The van der Waals surface area contributed by atoms with Crippen LogP contribution in [-0.2, 0) is 9.53 Å². The van der Waals surface area contributed by atoms with Gasteiger partial charge in [0.1, 0.15) is 16.8 Å². The first-order valence-electron chi connectivity index (χ1n) is 12.5. The molecule has 4 heterocycles. The molecule has 1 saturated carbocycles. The number of carbonyl (C=O) groups is 3. The van der Waals surface area contributed by atoms with Gasteiger partial charge in [-0.1, -0.05) is 23.7 Å². The minimum atomic E-state index is -1.17. The number of amides is 4. The summed E-state index contributed by atoms with van der Waals surface area (Å²) in [5.41, 5.74) is 2.02. The molecule has 10 heteroatoms. The number of likely N-dealkylation sites (tertiary alicyclic amines) is 1. The fraction of sp³-hybridized carbons (Fsp3) is 0.407. The molecule has 9 nitrogen and oxygen atoms in total. The molecule has 0 bridgehead atoms. The van der Waals surface area contributed by atoms with Crippen LogP contribution in [0.3, 0.4) is 0 Å². The molecule has 1 spiro atoms. The van der Waals surface area contributed by atoms with E-state index in [4.69, 9.17) is 16.3 Å². The second-order valence-corrected chi connectivity index (χ2v) is 11.5. The van der Waals surface area contributed by atoms with Crippen molar-refractivity contribution < 1.29 is 19.1 Å². The maximum atomic E-state index is 13.6. The number of rotatable bonds is 3. The molecule has 1 aliphatic carbocycles. The molecule has 6 rings (SSSR count). The van der Waals surface area contributed by atoms with Gasteiger partial charge in [0.25, 0.3) is 5.91 Å². The van der Waals surface area contributed by atoms with Crippen LogP contribution in [0.2, 0.25) is 5.02 Å². The van der Waals surface area contributed by atoms with Gasteiger partial charge in [-0.25, -0.2) is 19.5 Å². The van der Waals surface area contributed by atoms with Crippen LogP contribution in [0.1, 0.15) is 51.5 Å².